The summed E-state index contributed by atoms with van der Waals surface area (Å²) in [4.78, 5) is 25.6. The van der Waals surface area contributed by atoms with Gasteiger partial charge in [0, 0.05) is 42.9 Å². The van der Waals surface area contributed by atoms with Crippen molar-refractivity contribution in [1.29, 1.82) is 0 Å². The predicted molar refractivity (Wildman–Crippen MR) is 107 cm³/mol. The number of esters is 2. The largest absolute Gasteiger partial charge is 0.466 e. The highest BCUT2D eigenvalue weighted by Gasteiger charge is 2.20. The molecule has 1 aliphatic heterocycles. The van der Waals surface area contributed by atoms with Gasteiger partial charge in [0.25, 0.3) is 0 Å². The summed E-state index contributed by atoms with van der Waals surface area (Å²) in [6, 6.07) is 12.4. The standard InChI is InChI=1S/C21H25N3O4/c1-27-20(25)15-19(21(26)28-2)22-16-5-7-17(8-6-16)24-13-9-18(10-14-24)23-11-3-4-12-23/h3-8,11-12,15,18,22H,9-10,13-14H2,1-2H3/b19-15+. The number of methoxy groups -OCH3 is 2. The van der Waals surface area contributed by atoms with Crippen molar-refractivity contribution < 1.29 is 19.1 Å². The average molecular weight is 383 g/mol. The number of nitrogens with zero attached hydrogens (tertiary/aromatic N) is 2. The first-order chi connectivity index (χ1) is 13.6. The summed E-state index contributed by atoms with van der Waals surface area (Å²) >= 11 is 0. The number of hydrogen-bond donors (Lipinski definition) is 1. The summed E-state index contributed by atoms with van der Waals surface area (Å²) in [6.07, 6.45) is 7.53. The first-order valence-electron chi connectivity index (χ1n) is 9.23. The molecule has 0 saturated carbocycles. The fourth-order valence-corrected chi connectivity index (χ4v) is 3.36. The maximum absolute atomic E-state index is 11.8. The van der Waals surface area contributed by atoms with Gasteiger partial charge < -0.3 is 24.3 Å². The van der Waals surface area contributed by atoms with E-state index in [1.165, 1.54) is 14.2 Å². The number of piperidine rings is 1. The molecule has 7 nitrogen and oxygen atoms in total. The fraction of sp³-hybridized carbons (Fsp3) is 0.333. The Hall–Kier alpha value is -3.22. The van der Waals surface area contributed by atoms with Crippen LogP contribution in [0.5, 0.6) is 0 Å². The van der Waals surface area contributed by atoms with E-state index >= 15 is 0 Å². The van der Waals surface area contributed by atoms with Crippen molar-refractivity contribution in [2.24, 2.45) is 0 Å². The third-order valence-corrected chi connectivity index (χ3v) is 4.89. The van der Waals surface area contributed by atoms with E-state index in [0.29, 0.717) is 11.7 Å². The van der Waals surface area contributed by atoms with Crippen LogP contribution in [-0.4, -0.2) is 43.8 Å². The minimum absolute atomic E-state index is 0.0228. The van der Waals surface area contributed by atoms with Crippen molar-refractivity contribution in [3.63, 3.8) is 0 Å². The van der Waals surface area contributed by atoms with E-state index in [9.17, 15) is 9.59 Å². The number of anilines is 2. The summed E-state index contributed by atoms with van der Waals surface area (Å²) in [5, 5.41) is 2.91. The number of aromatic nitrogens is 1. The molecule has 0 bridgehead atoms. The Kier molecular flexibility index (Phi) is 6.37. The number of carbonyl (C=O) groups excluding carboxylic acids is 2. The number of rotatable bonds is 6. The van der Waals surface area contributed by atoms with Crippen molar-refractivity contribution in [3.8, 4) is 0 Å². The van der Waals surface area contributed by atoms with Gasteiger partial charge in [-0.3, -0.25) is 0 Å². The molecule has 0 amide bonds. The zero-order chi connectivity index (χ0) is 19.9. The maximum Gasteiger partial charge on any atom is 0.354 e. The van der Waals surface area contributed by atoms with E-state index in [0.717, 1.165) is 37.7 Å². The first kappa shape index (κ1) is 19.5. The molecule has 0 atom stereocenters. The van der Waals surface area contributed by atoms with E-state index in [1.807, 2.05) is 24.3 Å². The molecule has 1 aliphatic rings. The van der Waals surface area contributed by atoms with Gasteiger partial charge in [-0.2, -0.15) is 0 Å². The third-order valence-electron chi connectivity index (χ3n) is 4.89. The van der Waals surface area contributed by atoms with Gasteiger partial charge in [0.15, 0.2) is 0 Å². The van der Waals surface area contributed by atoms with E-state index in [2.05, 4.69) is 44.0 Å². The van der Waals surface area contributed by atoms with E-state index < -0.39 is 11.9 Å². The van der Waals surface area contributed by atoms with Gasteiger partial charge in [0.1, 0.15) is 5.70 Å². The molecule has 3 rings (SSSR count). The van der Waals surface area contributed by atoms with Crippen LogP contribution >= 0.6 is 0 Å². The summed E-state index contributed by atoms with van der Waals surface area (Å²) in [5.41, 5.74) is 1.84. The number of carbonyl (C=O) groups is 2. The first-order valence-corrected chi connectivity index (χ1v) is 9.23. The van der Waals surface area contributed by atoms with Gasteiger partial charge in [-0.1, -0.05) is 0 Å². The SMILES string of the molecule is COC(=O)/C=C(/Nc1ccc(N2CCC(n3cccc3)CC2)cc1)C(=O)OC. The predicted octanol–water partition coefficient (Wildman–Crippen LogP) is 2.97. The van der Waals surface area contributed by atoms with E-state index in [4.69, 9.17) is 4.74 Å². The highest BCUT2D eigenvalue weighted by Crippen LogP contribution is 2.27. The van der Waals surface area contributed by atoms with Crippen LogP contribution in [0.3, 0.4) is 0 Å². The van der Waals surface area contributed by atoms with Crippen molar-refractivity contribution in [1.82, 2.24) is 4.57 Å². The Morgan fingerprint density at radius 2 is 1.68 bits per heavy atom. The highest BCUT2D eigenvalue weighted by molar-refractivity contribution is 5.98. The monoisotopic (exact) mass is 383 g/mol. The summed E-state index contributed by atoms with van der Waals surface area (Å²) < 4.78 is 11.6. The zero-order valence-corrected chi connectivity index (χ0v) is 16.1. The second-order valence-corrected chi connectivity index (χ2v) is 6.59. The average Bonchev–Trinajstić information content (AvgIpc) is 3.28. The zero-order valence-electron chi connectivity index (χ0n) is 16.1. The fourth-order valence-electron chi connectivity index (χ4n) is 3.36. The molecule has 0 aliphatic carbocycles. The maximum atomic E-state index is 11.8. The summed E-state index contributed by atoms with van der Waals surface area (Å²) in [6.45, 7) is 1.98. The van der Waals surface area contributed by atoms with Crippen LogP contribution < -0.4 is 10.2 Å². The minimum Gasteiger partial charge on any atom is -0.466 e. The van der Waals surface area contributed by atoms with Gasteiger partial charge in [0.05, 0.1) is 20.3 Å². The molecule has 0 spiro atoms. The topological polar surface area (TPSA) is 72.8 Å². The Bertz CT molecular complexity index is 820. The molecule has 2 aromatic rings. The van der Waals surface area contributed by atoms with Crippen molar-refractivity contribution >= 4 is 23.3 Å². The quantitative estimate of drug-likeness (QED) is 0.611. The van der Waals surface area contributed by atoms with Crippen molar-refractivity contribution in [3.05, 3.63) is 60.6 Å². The van der Waals surface area contributed by atoms with Crippen LogP contribution in [0.25, 0.3) is 0 Å². The van der Waals surface area contributed by atoms with Gasteiger partial charge >= 0.3 is 11.9 Å². The number of nitrogens with one attached hydrogen (secondary N) is 1. The second kappa shape index (κ2) is 9.12. The molecule has 1 aromatic heterocycles. The molecule has 7 heteroatoms. The molecular weight excluding hydrogens is 358 g/mol. The highest BCUT2D eigenvalue weighted by atomic mass is 16.5. The normalized spacial score (nSPS) is 15.2. The second-order valence-electron chi connectivity index (χ2n) is 6.59. The summed E-state index contributed by atoms with van der Waals surface area (Å²) in [7, 11) is 2.51. The Morgan fingerprint density at radius 3 is 2.25 bits per heavy atom. The lowest BCUT2D eigenvalue weighted by atomic mass is 10.0. The van der Waals surface area contributed by atoms with Crippen LogP contribution in [0.2, 0.25) is 0 Å². The Balaban J connectivity index is 1.62. The Morgan fingerprint density at radius 1 is 1.04 bits per heavy atom. The smallest absolute Gasteiger partial charge is 0.354 e. The molecule has 2 heterocycles. The molecule has 1 fully saturated rings. The van der Waals surface area contributed by atoms with Crippen LogP contribution in [0, 0.1) is 0 Å². The van der Waals surface area contributed by atoms with Crippen LogP contribution in [0.15, 0.2) is 60.6 Å². The van der Waals surface area contributed by atoms with Crippen LogP contribution in [0.4, 0.5) is 11.4 Å². The lowest BCUT2D eigenvalue weighted by molar-refractivity contribution is -0.138. The number of benzene rings is 1. The Labute approximate surface area is 164 Å². The molecule has 0 unspecified atom stereocenters. The van der Waals surface area contributed by atoms with Gasteiger partial charge in [-0.05, 0) is 49.2 Å². The molecule has 28 heavy (non-hydrogen) atoms. The molecule has 1 saturated heterocycles. The molecule has 148 valence electrons. The molecule has 0 radical (unpaired) electrons. The van der Waals surface area contributed by atoms with Gasteiger partial charge in [0.2, 0.25) is 0 Å². The molecular formula is C21H25N3O4. The lowest BCUT2D eigenvalue weighted by Gasteiger charge is -2.34. The minimum atomic E-state index is -0.637. The van der Waals surface area contributed by atoms with Crippen molar-refractivity contribution in [2.75, 3.05) is 37.5 Å². The summed E-state index contributed by atoms with van der Waals surface area (Å²) in [5.74, 6) is -1.27. The van der Waals surface area contributed by atoms with E-state index in [-0.39, 0.29) is 5.70 Å². The van der Waals surface area contributed by atoms with Crippen LogP contribution in [-0.2, 0) is 19.1 Å². The van der Waals surface area contributed by atoms with Gasteiger partial charge in [-0.15, -0.1) is 0 Å². The van der Waals surface area contributed by atoms with Crippen LogP contribution in [0.1, 0.15) is 18.9 Å². The lowest BCUT2D eigenvalue weighted by Crippen LogP contribution is -2.34. The molecule has 1 N–H and O–H groups in total. The molecule has 1 aromatic carbocycles. The number of hydrogen-bond acceptors (Lipinski definition) is 6. The van der Waals surface area contributed by atoms with E-state index in [1.54, 1.807) is 0 Å². The third kappa shape index (κ3) is 4.73. The number of ether oxygens (including phenoxy) is 2. The van der Waals surface area contributed by atoms with Gasteiger partial charge in [-0.25, -0.2) is 9.59 Å². The van der Waals surface area contributed by atoms with Crippen molar-refractivity contribution in [2.45, 2.75) is 18.9 Å².